The number of aryl methyl sites for hydroxylation is 1. The molecule has 0 bridgehead atoms. The smallest absolute Gasteiger partial charge is 0.212 e. The minimum atomic E-state index is -3.16. The molecule has 0 fully saturated rings. The van der Waals surface area contributed by atoms with Crippen LogP contribution in [0.2, 0.25) is 0 Å². The van der Waals surface area contributed by atoms with Crippen LogP contribution in [0.25, 0.3) is 0 Å². The van der Waals surface area contributed by atoms with Crippen LogP contribution in [0.3, 0.4) is 0 Å². The Bertz CT molecular complexity index is 465. The lowest BCUT2D eigenvalue weighted by Crippen LogP contribution is -2.29. The van der Waals surface area contributed by atoms with Gasteiger partial charge in [-0.15, -0.1) is 0 Å². The number of sulfonamides is 1. The molecule has 4 heteroatoms. The Morgan fingerprint density at radius 3 is 2.26 bits per heavy atom. The van der Waals surface area contributed by atoms with Gasteiger partial charge in [0.2, 0.25) is 10.0 Å². The van der Waals surface area contributed by atoms with Crippen LogP contribution in [0.4, 0.5) is 0 Å². The first-order valence-electron chi connectivity index (χ1n) is 7.07. The summed E-state index contributed by atoms with van der Waals surface area (Å²) >= 11 is 0. The van der Waals surface area contributed by atoms with Gasteiger partial charge in [-0.05, 0) is 30.9 Å². The molecule has 1 atom stereocenters. The van der Waals surface area contributed by atoms with Gasteiger partial charge in [0, 0.05) is 6.04 Å². The van der Waals surface area contributed by atoms with Crippen molar-refractivity contribution in [2.75, 3.05) is 5.75 Å². The minimum Gasteiger partial charge on any atom is -0.212 e. The van der Waals surface area contributed by atoms with Crippen LogP contribution in [-0.2, 0) is 16.4 Å². The molecular formula is C15H25NO2S. The zero-order chi connectivity index (χ0) is 14.3. The zero-order valence-electron chi connectivity index (χ0n) is 12.1. The highest BCUT2D eigenvalue weighted by Gasteiger charge is 2.14. The number of benzene rings is 1. The van der Waals surface area contributed by atoms with E-state index in [4.69, 9.17) is 0 Å². The van der Waals surface area contributed by atoms with Gasteiger partial charge in [-0.1, -0.05) is 51.0 Å². The Balaban J connectivity index is 2.64. The number of nitrogens with one attached hydrogen (secondary N) is 1. The Labute approximate surface area is 117 Å². The van der Waals surface area contributed by atoms with Crippen molar-refractivity contribution in [1.29, 1.82) is 0 Å². The second-order valence-corrected chi connectivity index (χ2v) is 6.88. The average molecular weight is 283 g/mol. The first-order valence-corrected chi connectivity index (χ1v) is 8.72. The summed E-state index contributed by atoms with van der Waals surface area (Å²) in [5, 5.41) is 0. The van der Waals surface area contributed by atoms with Crippen molar-refractivity contribution in [2.45, 2.75) is 52.5 Å². The molecule has 1 N–H and O–H groups in total. The van der Waals surface area contributed by atoms with Crippen LogP contribution in [0.15, 0.2) is 24.3 Å². The zero-order valence-corrected chi connectivity index (χ0v) is 13.0. The molecule has 0 aliphatic rings. The average Bonchev–Trinajstić information content (AvgIpc) is 2.37. The molecule has 0 radical (unpaired) electrons. The molecule has 1 rings (SSSR count). The molecule has 108 valence electrons. The normalized spacial score (nSPS) is 13.4. The van der Waals surface area contributed by atoms with Crippen molar-refractivity contribution in [1.82, 2.24) is 4.72 Å². The van der Waals surface area contributed by atoms with Crippen LogP contribution in [0.1, 0.15) is 57.2 Å². The maximum absolute atomic E-state index is 11.8. The van der Waals surface area contributed by atoms with Crippen LogP contribution < -0.4 is 4.72 Å². The summed E-state index contributed by atoms with van der Waals surface area (Å²) in [5.74, 6) is 0.210. The molecule has 3 nitrogen and oxygen atoms in total. The molecule has 1 unspecified atom stereocenters. The van der Waals surface area contributed by atoms with Crippen molar-refractivity contribution in [3.8, 4) is 0 Å². The van der Waals surface area contributed by atoms with Crippen LogP contribution in [-0.4, -0.2) is 14.2 Å². The third-order valence-corrected chi connectivity index (χ3v) is 4.68. The van der Waals surface area contributed by atoms with Crippen molar-refractivity contribution < 1.29 is 8.42 Å². The number of hydrogen-bond acceptors (Lipinski definition) is 2. The molecule has 1 aromatic rings. The largest absolute Gasteiger partial charge is 0.212 e. The van der Waals surface area contributed by atoms with E-state index in [0.29, 0.717) is 6.42 Å². The van der Waals surface area contributed by atoms with Crippen molar-refractivity contribution in [2.24, 2.45) is 0 Å². The second kappa shape index (κ2) is 7.65. The standard InChI is InChI=1S/C15H25NO2S/c1-4-6-12-19(17,18)16-13(3)15-10-8-14(7-5-2)9-11-15/h8-11,13,16H,4-7,12H2,1-3H3. The minimum absolute atomic E-state index is 0.169. The first-order chi connectivity index (χ1) is 8.98. The summed E-state index contributed by atoms with van der Waals surface area (Å²) < 4.78 is 26.4. The molecule has 0 spiro atoms. The predicted octanol–water partition coefficient (Wildman–Crippen LogP) is 3.42. The van der Waals surface area contributed by atoms with E-state index >= 15 is 0 Å². The summed E-state index contributed by atoms with van der Waals surface area (Å²) in [5.41, 5.74) is 2.31. The van der Waals surface area contributed by atoms with Gasteiger partial charge in [-0.2, -0.15) is 0 Å². The summed E-state index contributed by atoms with van der Waals surface area (Å²) in [4.78, 5) is 0. The lowest BCUT2D eigenvalue weighted by molar-refractivity contribution is 0.564. The first kappa shape index (κ1) is 16.2. The summed E-state index contributed by atoms with van der Waals surface area (Å²) in [7, 11) is -3.16. The van der Waals surface area contributed by atoms with E-state index in [1.165, 1.54) is 5.56 Å². The molecule has 0 aliphatic carbocycles. The lowest BCUT2D eigenvalue weighted by atomic mass is 10.0. The van der Waals surface area contributed by atoms with Crippen LogP contribution >= 0.6 is 0 Å². The Hall–Kier alpha value is -0.870. The maximum Gasteiger partial charge on any atom is 0.212 e. The van der Waals surface area contributed by atoms with Gasteiger partial charge in [0.25, 0.3) is 0 Å². The molecule has 0 amide bonds. The van der Waals surface area contributed by atoms with E-state index in [1.807, 2.05) is 26.0 Å². The van der Waals surface area contributed by atoms with Crippen LogP contribution in [0, 0.1) is 0 Å². The Kier molecular flexibility index (Phi) is 6.52. The van der Waals surface area contributed by atoms with E-state index in [-0.39, 0.29) is 11.8 Å². The Morgan fingerprint density at radius 1 is 1.11 bits per heavy atom. The van der Waals surface area contributed by atoms with Gasteiger partial charge < -0.3 is 0 Å². The van der Waals surface area contributed by atoms with E-state index in [9.17, 15) is 8.42 Å². The van der Waals surface area contributed by atoms with Gasteiger partial charge in [0.15, 0.2) is 0 Å². The highest BCUT2D eigenvalue weighted by Crippen LogP contribution is 2.15. The Morgan fingerprint density at radius 2 is 1.74 bits per heavy atom. The third kappa shape index (κ3) is 5.74. The van der Waals surface area contributed by atoms with Gasteiger partial charge >= 0.3 is 0 Å². The molecule has 0 aliphatic heterocycles. The molecular weight excluding hydrogens is 258 g/mol. The van der Waals surface area contributed by atoms with Gasteiger partial charge in [0.1, 0.15) is 0 Å². The number of unbranched alkanes of at least 4 members (excludes halogenated alkanes) is 1. The van der Waals surface area contributed by atoms with Crippen LogP contribution in [0.5, 0.6) is 0 Å². The molecule has 0 saturated carbocycles. The monoisotopic (exact) mass is 283 g/mol. The van der Waals surface area contributed by atoms with Gasteiger partial charge in [0.05, 0.1) is 5.75 Å². The summed E-state index contributed by atoms with van der Waals surface area (Å²) in [6.07, 6.45) is 3.79. The fourth-order valence-corrected chi connectivity index (χ4v) is 3.45. The lowest BCUT2D eigenvalue weighted by Gasteiger charge is -2.15. The van der Waals surface area contributed by atoms with E-state index in [2.05, 4.69) is 23.8 Å². The predicted molar refractivity (Wildman–Crippen MR) is 80.7 cm³/mol. The fourth-order valence-electron chi connectivity index (χ4n) is 1.99. The summed E-state index contributed by atoms with van der Waals surface area (Å²) in [6, 6.07) is 8.01. The fraction of sp³-hybridized carbons (Fsp3) is 0.600. The van der Waals surface area contributed by atoms with Crippen molar-refractivity contribution in [3.05, 3.63) is 35.4 Å². The van der Waals surface area contributed by atoms with Gasteiger partial charge in [-0.25, -0.2) is 13.1 Å². The van der Waals surface area contributed by atoms with Crippen molar-refractivity contribution >= 4 is 10.0 Å². The quantitative estimate of drug-likeness (QED) is 0.794. The molecule has 0 aromatic heterocycles. The maximum atomic E-state index is 11.8. The number of rotatable bonds is 8. The topological polar surface area (TPSA) is 46.2 Å². The van der Waals surface area contributed by atoms with Gasteiger partial charge in [-0.3, -0.25) is 0 Å². The van der Waals surface area contributed by atoms with E-state index in [0.717, 1.165) is 24.8 Å². The third-order valence-electron chi connectivity index (χ3n) is 3.14. The van der Waals surface area contributed by atoms with Crippen molar-refractivity contribution in [3.63, 3.8) is 0 Å². The summed E-state index contributed by atoms with van der Waals surface area (Å²) in [6.45, 7) is 6.03. The van der Waals surface area contributed by atoms with E-state index < -0.39 is 10.0 Å². The molecule has 0 heterocycles. The van der Waals surface area contributed by atoms with E-state index in [1.54, 1.807) is 0 Å². The molecule has 0 saturated heterocycles. The molecule has 1 aromatic carbocycles. The SMILES string of the molecule is CCCCS(=O)(=O)NC(C)c1ccc(CCC)cc1. The molecule has 19 heavy (non-hydrogen) atoms. The highest BCUT2D eigenvalue weighted by atomic mass is 32.2. The second-order valence-electron chi connectivity index (χ2n) is 5.00. The number of hydrogen-bond donors (Lipinski definition) is 1. The highest BCUT2D eigenvalue weighted by molar-refractivity contribution is 7.89.